The maximum Gasteiger partial charge on any atom is 0.296 e. The van der Waals surface area contributed by atoms with Crippen LogP contribution in [0.2, 0.25) is 0 Å². The van der Waals surface area contributed by atoms with E-state index in [0.717, 1.165) is 5.56 Å². The number of nitrogens with one attached hydrogen (secondary N) is 1. The lowest BCUT2D eigenvalue weighted by molar-refractivity contribution is -0.112. The van der Waals surface area contributed by atoms with Gasteiger partial charge in [0.15, 0.2) is 0 Å². The maximum atomic E-state index is 13.0. The second-order valence-corrected chi connectivity index (χ2v) is 6.61. The third-order valence-electron chi connectivity index (χ3n) is 4.60. The Hall–Kier alpha value is -4.00. The van der Waals surface area contributed by atoms with E-state index in [1.165, 1.54) is 35.5 Å². The Morgan fingerprint density at radius 2 is 1.73 bits per heavy atom. The molecule has 2 heterocycles. The van der Waals surface area contributed by atoms with E-state index in [1.54, 1.807) is 36.4 Å². The molecule has 4 rings (SSSR count). The molecule has 7 heteroatoms. The molecule has 0 spiro atoms. The Kier molecular flexibility index (Phi) is 5.52. The Labute approximate surface area is 171 Å². The van der Waals surface area contributed by atoms with Crippen LogP contribution in [0, 0.1) is 5.82 Å². The first kappa shape index (κ1) is 19.3. The molecule has 4 aromatic rings. The van der Waals surface area contributed by atoms with E-state index >= 15 is 0 Å². The average molecular weight is 403 g/mol. The number of para-hydroxylation sites is 1. The van der Waals surface area contributed by atoms with E-state index in [9.17, 15) is 14.0 Å². The molecule has 0 aliphatic rings. The number of Topliss-reactive ketones (excluding diaryl/α,β-unsaturated/α-hetero) is 1. The van der Waals surface area contributed by atoms with E-state index in [1.807, 2.05) is 12.1 Å². The number of halogens is 1. The number of nitrogens with zero attached hydrogens (tertiary/aromatic N) is 2. The van der Waals surface area contributed by atoms with Crippen molar-refractivity contribution in [3.8, 4) is 0 Å². The number of pyridine rings is 1. The van der Waals surface area contributed by atoms with Crippen molar-refractivity contribution in [3.05, 3.63) is 96.2 Å². The minimum Gasteiger partial charge on any atom is -0.413 e. The number of amides is 1. The highest BCUT2D eigenvalue weighted by atomic mass is 19.1. The van der Waals surface area contributed by atoms with E-state index in [4.69, 9.17) is 4.84 Å². The van der Waals surface area contributed by atoms with E-state index in [-0.39, 0.29) is 11.4 Å². The summed E-state index contributed by atoms with van der Waals surface area (Å²) < 4.78 is 14.5. The predicted octanol–water partition coefficient (Wildman–Crippen LogP) is 3.67. The van der Waals surface area contributed by atoms with Crippen LogP contribution in [0.4, 0.5) is 10.1 Å². The van der Waals surface area contributed by atoms with Crippen LogP contribution in [0.15, 0.2) is 79.3 Å². The fraction of sp³-hybridized carbons (Fsp3) is 0.0870. The number of benzene rings is 2. The number of carbonyl (C=O) groups excluding carboxylic acids is 2. The highest BCUT2D eigenvalue weighted by Gasteiger charge is 2.22. The van der Waals surface area contributed by atoms with Gasteiger partial charge in [-0.2, -0.15) is 4.73 Å². The number of rotatable bonds is 7. The van der Waals surface area contributed by atoms with Crippen LogP contribution in [-0.2, 0) is 11.2 Å². The second-order valence-electron chi connectivity index (χ2n) is 6.61. The Morgan fingerprint density at radius 3 is 2.50 bits per heavy atom. The van der Waals surface area contributed by atoms with Crippen LogP contribution in [-0.4, -0.2) is 28.0 Å². The fourth-order valence-electron chi connectivity index (χ4n) is 3.10. The van der Waals surface area contributed by atoms with Crippen molar-refractivity contribution >= 4 is 28.3 Å². The summed E-state index contributed by atoms with van der Waals surface area (Å²) in [6.07, 6.45) is 5.14. The summed E-state index contributed by atoms with van der Waals surface area (Å²) in [5.74, 6) is -1.69. The first-order valence-electron chi connectivity index (χ1n) is 9.35. The standard InChI is InChI=1S/C23H18FN3O3/c24-17-7-5-16(6-8-17)11-14-30-27-15-20(19-3-1-2-4-21(19)27)22(28)23(29)26-18-9-12-25-13-10-18/h1-10,12-13,15H,11,14H2,(H,25,26,29). The van der Waals surface area contributed by atoms with E-state index < -0.39 is 11.7 Å². The smallest absolute Gasteiger partial charge is 0.296 e. The molecule has 0 aliphatic carbocycles. The zero-order valence-corrected chi connectivity index (χ0v) is 15.9. The molecule has 0 saturated heterocycles. The molecule has 0 saturated carbocycles. The molecular weight excluding hydrogens is 385 g/mol. The summed E-state index contributed by atoms with van der Waals surface area (Å²) in [5, 5.41) is 3.19. The van der Waals surface area contributed by atoms with Gasteiger partial charge in [-0.15, -0.1) is 0 Å². The summed E-state index contributed by atoms with van der Waals surface area (Å²) in [4.78, 5) is 34.9. The quantitative estimate of drug-likeness (QED) is 0.378. The summed E-state index contributed by atoms with van der Waals surface area (Å²) in [7, 11) is 0. The number of anilines is 1. The second kappa shape index (κ2) is 8.57. The predicted molar refractivity (Wildman–Crippen MR) is 111 cm³/mol. The molecule has 0 radical (unpaired) electrons. The van der Waals surface area contributed by atoms with Gasteiger partial charge in [0.2, 0.25) is 0 Å². The van der Waals surface area contributed by atoms with Gasteiger partial charge in [0.05, 0.1) is 17.3 Å². The van der Waals surface area contributed by atoms with E-state index in [0.29, 0.717) is 29.6 Å². The average Bonchev–Trinajstić information content (AvgIpc) is 3.14. The lowest BCUT2D eigenvalue weighted by Gasteiger charge is -2.08. The van der Waals surface area contributed by atoms with Gasteiger partial charge >= 0.3 is 0 Å². The molecule has 2 aromatic heterocycles. The highest BCUT2D eigenvalue weighted by molar-refractivity contribution is 6.48. The monoisotopic (exact) mass is 403 g/mol. The number of ketones is 1. The number of hydrogen-bond donors (Lipinski definition) is 1. The van der Waals surface area contributed by atoms with Crippen molar-refractivity contribution in [2.24, 2.45) is 0 Å². The lowest BCUT2D eigenvalue weighted by atomic mass is 10.1. The van der Waals surface area contributed by atoms with Gasteiger partial charge in [-0.25, -0.2) is 4.39 Å². The van der Waals surface area contributed by atoms with Crippen LogP contribution in [0.3, 0.4) is 0 Å². The van der Waals surface area contributed by atoms with Crippen molar-refractivity contribution in [2.75, 3.05) is 11.9 Å². The minimum absolute atomic E-state index is 0.249. The van der Waals surface area contributed by atoms with Crippen molar-refractivity contribution in [1.82, 2.24) is 9.71 Å². The third-order valence-corrected chi connectivity index (χ3v) is 4.60. The van der Waals surface area contributed by atoms with Crippen LogP contribution >= 0.6 is 0 Å². The number of fused-ring (bicyclic) bond motifs is 1. The van der Waals surface area contributed by atoms with Crippen LogP contribution < -0.4 is 10.2 Å². The zero-order chi connectivity index (χ0) is 20.9. The minimum atomic E-state index is -0.740. The first-order valence-corrected chi connectivity index (χ1v) is 9.35. The molecule has 2 aromatic carbocycles. The van der Waals surface area contributed by atoms with Crippen LogP contribution in [0.25, 0.3) is 10.9 Å². The molecular formula is C23H18FN3O3. The van der Waals surface area contributed by atoms with Gasteiger partial charge < -0.3 is 10.2 Å². The van der Waals surface area contributed by atoms with Crippen LogP contribution in [0.5, 0.6) is 0 Å². The summed E-state index contributed by atoms with van der Waals surface area (Å²) in [6.45, 7) is 0.321. The molecule has 1 N–H and O–H groups in total. The molecule has 0 unspecified atom stereocenters. The van der Waals surface area contributed by atoms with Crippen molar-refractivity contribution in [3.63, 3.8) is 0 Å². The number of hydrogen-bond acceptors (Lipinski definition) is 4. The van der Waals surface area contributed by atoms with Gasteiger partial charge in [-0.1, -0.05) is 30.3 Å². The topological polar surface area (TPSA) is 73.2 Å². The first-order chi connectivity index (χ1) is 14.6. The molecule has 6 nitrogen and oxygen atoms in total. The Morgan fingerprint density at radius 1 is 1.00 bits per heavy atom. The van der Waals surface area contributed by atoms with E-state index in [2.05, 4.69) is 10.3 Å². The molecule has 0 fully saturated rings. The molecule has 0 aliphatic heterocycles. The normalized spacial score (nSPS) is 10.7. The van der Waals surface area contributed by atoms with Gasteiger partial charge in [0, 0.05) is 29.9 Å². The highest BCUT2D eigenvalue weighted by Crippen LogP contribution is 2.21. The third kappa shape index (κ3) is 4.20. The molecule has 30 heavy (non-hydrogen) atoms. The van der Waals surface area contributed by atoms with Crippen molar-refractivity contribution in [1.29, 1.82) is 0 Å². The molecule has 150 valence electrons. The van der Waals surface area contributed by atoms with Gasteiger partial charge in [-0.05, 0) is 35.9 Å². The fourth-order valence-corrected chi connectivity index (χ4v) is 3.10. The van der Waals surface area contributed by atoms with Crippen molar-refractivity contribution in [2.45, 2.75) is 6.42 Å². The van der Waals surface area contributed by atoms with Gasteiger partial charge in [-0.3, -0.25) is 14.6 Å². The summed E-state index contributed by atoms with van der Waals surface area (Å²) in [6, 6.07) is 16.6. The maximum absolute atomic E-state index is 13.0. The Bertz CT molecular complexity index is 1190. The largest absolute Gasteiger partial charge is 0.413 e. The van der Waals surface area contributed by atoms with Crippen molar-refractivity contribution < 1.29 is 18.8 Å². The number of carbonyl (C=O) groups is 2. The Balaban J connectivity index is 1.52. The van der Waals surface area contributed by atoms with Gasteiger partial charge in [0.25, 0.3) is 11.7 Å². The van der Waals surface area contributed by atoms with Gasteiger partial charge in [0.1, 0.15) is 12.4 Å². The molecule has 1 amide bonds. The summed E-state index contributed by atoms with van der Waals surface area (Å²) >= 11 is 0. The SMILES string of the molecule is O=C(Nc1ccncc1)C(=O)c1cn(OCCc2ccc(F)cc2)c2ccccc12. The van der Waals surface area contributed by atoms with Crippen LogP contribution in [0.1, 0.15) is 15.9 Å². The number of aromatic nitrogens is 2. The summed E-state index contributed by atoms with van der Waals surface area (Å²) in [5.41, 5.74) is 2.35. The lowest BCUT2D eigenvalue weighted by Crippen LogP contribution is -2.22. The zero-order valence-electron chi connectivity index (χ0n) is 15.9. The molecule has 0 atom stereocenters. The molecule has 0 bridgehead atoms.